The van der Waals surface area contributed by atoms with Gasteiger partial charge in [-0.3, -0.25) is 14.9 Å². The van der Waals surface area contributed by atoms with Crippen molar-refractivity contribution in [3.63, 3.8) is 0 Å². The summed E-state index contributed by atoms with van der Waals surface area (Å²) >= 11 is 7.06. The quantitative estimate of drug-likeness (QED) is 0.320. The van der Waals surface area contributed by atoms with Crippen molar-refractivity contribution in [3.05, 3.63) is 80.2 Å². The maximum atomic E-state index is 12.6. The Morgan fingerprint density at radius 1 is 1.21 bits per heavy atom. The Labute approximate surface area is 175 Å². The lowest BCUT2D eigenvalue weighted by Gasteiger charge is -2.09. The number of amides is 1. The molecule has 0 atom stereocenters. The predicted molar refractivity (Wildman–Crippen MR) is 112 cm³/mol. The van der Waals surface area contributed by atoms with Gasteiger partial charge in [-0.25, -0.2) is 4.79 Å². The van der Waals surface area contributed by atoms with Crippen molar-refractivity contribution in [2.75, 3.05) is 11.9 Å². The Morgan fingerprint density at radius 2 is 1.97 bits per heavy atom. The van der Waals surface area contributed by atoms with Crippen molar-refractivity contribution in [2.24, 2.45) is 0 Å². The Hall–Kier alpha value is -3.23. The smallest absolute Gasteiger partial charge is 0.341 e. The van der Waals surface area contributed by atoms with Gasteiger partial charge in [-0.2, -0.15) is 0 Å². The molecule has 1 heterocycles. The van der Waals surface area contributed by atoms with Crippen LogP contribution in [0.25, 0.3) is 11.1 Å². The van der Waals surface area contributed by atoms with Gasteiger partial charge in [-0.05, 0) is 30.7 Å². The van der Waals surface area contributed by atoms with Crippen LogP contribution in [0.15, 0.2) is 53.9 Å². The van der Waals surface area contributed by atoms with Crippen LogP contribution >= 0.6 is 22.9 Å². The number of nitro groups is 1. The number of rotatable bonds is 6. The van der Waals surface area contributed by atoms with Crippen LogP contribution in [0.1, 0.15) is 27.6 Å². The summed E-state index contributed by atoms with van der Waals surface area (Å²) < 4.78 is 5.13. The van der Waals surface area contributed by atoms with Crippen molar-refractivity contribution < 1.29 is 19.2 Å². The lowest BCUT2D eigenvalue weighted by molar-refractivity contribution is -0.384. The van der Waals surface area contributed by atoms with Gasteiger partial charge in [0, 0.05) is 33.7 Å². The highest BCUT2D eigenvalue weighted by molar-refractivity contribution is 7.15. The summed E-state index contributed by atoms with van der Waals surface area (Å²) in [4.78, 5) is 35.8. The average Bonchev–Trinajstić information content (AvgIpc) is 3.12. The topological polar surface area (TPSA) is 98.5 Å². The zero-order valence-electron chi connectivity index (χ0n) is 15.2. The highest BCUT2D eigenvalue weighted by Gasteiger charge is 2.24. The first-order valence-corrected chi connectivity index (χ1v) is 9.76. The number of halogens is 1. The number of hydrogen-bond acceptors (Lipinski definition) is 6. The van der Waals surface area contributed by atoms with Crippen molar-refractivity contribution in [1.29, 1.82) is 0 Å². The molecule has 3 aromatic rings. The van der Waals surface area contributed by atoms with E-state index in [2.05, 4.69) is 5.32 Å². The van der Waals surface area contributed by atoms with E-state index in [0.717, 1.165) is 11.3 Å². The van der Waals surface area contributed by atoms with Gasteiger partial charge >= 0.3 is 5.97 Å². The lowest BCUT2D eigenvalue weighted by atomic mass is 10.0. The number of carbonyl (C=O) groups excluding carboxylic acids is 2. The molecule has 0 saturated heterocycles. The van der Waals surface area contributed by atoms with Gasteiger partial charge in [-0.15, -0.1) is 11.3 Å². The van der Waals surface area contributed by atoms with Crippen LogP contribution < -0.4 is 5.32 Å². The molecule has 0 unspecified atom stereocenters. The summed E-state index contributed by atoms with van der Waals surface area (Å²) in [7, 11) is 0. The van der Waals surface area contributed by atoms with Gasteiger partial charge in [-0.1, -0.05) is 29.8 Å². The predicted octanol–water partition coefficient (Wildman–Crippen LogP) is 5.41. The summed E-state index contributed by atoms with van der Waals surface area (Å²) in [5, 5.41) is 16.1. The standard InChI is InChI=1S/C20H15ClN2O5S/c1-2-28-20(25)17-16(12-5-4-8-15(10-12)23(26)27)11-29-19(17)22-18(24)13-6-3-7-14(21)9-13/h3-11H,2H2,1H3,(H,22,24). The first-order chi connectivity index (χ1) is 13.9. The number of carbonyl (C=O) groups is 2. The molecule has 0 spiro atoms. The first-order valence-electron chi connectivity index (χ1n) is 8.51. The van der Waals surface area contributed by atoms with Crippen LogP contribution in [-0.2, 0) is 4.74 Å². The fourth-order valence-electron chi connectivity index (χ4n) is 2.66. The largest absolute Gasteiger partial charge is 0.462 e. The highest BCUT2D eigenvalue weighted by atomic mass is 35.5. The van der Waals surface area contributed by atoms with E-state index in [0.29, 0.717) is 21.7 Å². The molecule has 0 aliphatic heterocycles. The second-order valence-corrected chi connectivity index (χ2v) is 7.16. The fourth-order valence-corrected chi connectivity index (χ4v) is 3.80. The number of ether oxygens (including phenoxy) is 1. The molecule has 3 rings (SSSR count). The number of nitro benzene ring substituents is 1. The van der Waals surface area contributed by atoms with E-state index in [1.54, 1.807) is 36.6 Å². The third-order valence-electron chi connectivity index (χ3n) is 3.95. The molecule has 1 N–H and O–H groups in total. The van der Waals surface area contributed by atoms with Gasteiger partial charge in [0.2, 0.25) is 0 Å². The molecule has 7 nitrogen and oxygen atoms in total. The van der Waals surface area contributed by atoms with Gasteiger partial charge in [0.05, 0.1) is 11.5 Å². The normalized spacial score (nSPS) is 10.4. The summed E-state index contributed by atoms with van der Waals surface area (Å²) in [6.07, 6.45) is 0. The number of non-ortho nitro benzene ring substituents is 1. The van der Waals surface area contributed by atoms with Crippen LogP contribution in [0.4, 0.5) is 10.7 Å². The molecule has 0 radical (unpaired) electrons. The summed E-state index contributed by atoms with van der Waals surface area (Å²) in [6, 6.07) is 12.3. The molecule has 0 saturated carbocycles. The molecule has 29 heavy (non-hydrogen) atoms. The fraction of sp³-hybridized carbons (Fsp3) is 0.100. The number of benzene rings is 2. The maximum absolute atomic E-state index is 12.6. The number of hydrogen-bond donors (Lipinski definition) is 1. The molecule has 0 bridgehead atoms. The maximum Gasteiger partial charge on any atom is 0.341 e. The number of esters is 1. The summed E-state index contributed by atoms with van der Waals surface area (Å²) in [6.45, 7) is 1.81. The molecular weight excluding hydrogens is 416 g/mol. The molecule has 2 aromatic carbocycles. The molecule has 148 valence electrons. The molecule has 9 heteroatoms. The summed E-state index contributed by atoms with van der Waals surface area (Å²) in [5.74, 6) is -1.07. The lowest BCUT2D eigenvalue weighted by Crippen LogP contribution is -2.14. The molecule has 1 aromatic heterocycles. The number of thiophene rings is 1. The van der Waals surface area contributed by atoms with Crippen molar-refractivity contribution in [3.8, 4) is 11.1 Å². The van der Waals surface area contributed by atoms with Gasteiger partial charge < -0.3 is 10.1 Å². The second-order valence-electron chi connectivity index (χ2n) is 5.85. The van der Waals surface area contributed by atoms with E-state index >= 15 is 0 Å². The van der Waals surface area contributed by atoms with E-state index in [4.69, 9.17) is 16.3 Å². The SMILES string of the molecule is CCOC(=O)c1c(-c2cccc([N+](=O)[O-])c2)csc1NC(=O)c1cccc(Cl)c1. The van der Waals surface area contributed by atoms with E-state index in [-0.39, 0.29) is 22.9 Å². The van der Waals surface area contributed by atoms with Crippen molar-refractivity contribution in [2.45, 2.75) is 6.92 Å². The Balaban J connectivity index is 2.02. The van der Waals surface area contributed by atoms with E-state index in [9.17, 15) is 19.7 Å². The molecule has 1 amide bonds. The first kappa shape index (κ1) is 20.5. The zero-order valence-corrected chi connectivity index (χ0v) is 16.8. The second kappa shape index (κ2) is 8.85. The third-order valence-corrected chi connectivity index (χ3v) is 5.08. The Bertz CT molecular complexity index is 1100. The van der Waals surface area contributed by atoms with Gasteiger partial charge in [0.15, 0.2) is 0 Å². The zero-order chi connectivity index (χ0) is 21.0. The van der Waals surface area contributed by atoms with E-state index < -0.39 is 16.8 Å². The minimum absolute atomic E-state index is 0.104. The summed E-state index contributed by atoms with van der Waals surface area (Å²) in [5.41, 5.74) is 1.29. The van der Waals surface area contributed by atoms with Crippen LogP contribution in [0, 0.1) is 10.1 Å². The monoisotopic (exact) mass is 430 g/mol. The minimum Gasteiger partial charge on any atom is -0.462 e. The number of anilines is 1. The van der Waals surface area contributed by atoms with E-state index in [1.165, 1.54) is 24.3 Å². The van der Waals surface area contributed by atoms with Crippen LogP contribution in [-0.4, -0.2) is 23.4 Å². The van der Waals surface area contributed by atoms with Crippen LogP contribution in [0.3, 0.4) is 0 Å². The average molecular weight is 431 g/mol. The van der Waals surface area contributed by atoms with E-state index in [1.807, 2.05) is 0 Å². The number of nitrogens with zero attached hydrogens (tertiary/aromatic N) is 1. The van der Waals surface area contributed by atoms with Crippen molar-refractivity contribution >= 4 is 45.5 Å². The van der Waals surface area contributed by atoms with Gasteiger partial charge in [0.1, 0.15) is 10.6 Å². The van der Waals surface area contributed by atoms with Crippen molar-refractivity contribution in [1.82, 2.24) is 0 Å². The highest BCUT2D eigenvalue weighted by Crippen LogP contribution is 2.37. The molecule has 0 aliphatic rings. The molecule has 0 aliphatic carbocycles. The van der Waals surface area contributed by atoms with Crippen LogP contribution in [0.2, 0.25) is 5.02 Å². The molecule has 0 fully saturated rings. The number of nitrogens with one attached hydrogen (secondary N) is 1. The third kappa shape index (κ3) is 4.61. The Kier molecular flexibility index (Phi) is 6.26. The Morgan fingerprint density at radius 3 is 2.66 bits per heavy atom. The molecular formula is C20H15ClN2O5S. The van der Waals surface area contributed by atoms with Gasteiger partial charge in [0.25, 0.3) is 11.6 Å². The minimum atomic E-state index is -0.628. The van der Waals surface area contributed by atoms with Crippen LogP contribution in [0.5, 0.6) is 0 Å².